The van der Waals surface area contributed by atoms with Crippen LogP contribution in [0.3, 0.4) is 0 Å². The Balaban J connectivity index is 1.82. The molecular weight excluding hydrogens is 264 g/mol. The van der Waals surface area contributed by atoms with E-state index in [1.807, 2.05) is 18.2 Å². The largest absolute Gasteiger partial charge is 0.324 e. The fourth-order valence-corrected chi connectivity index (χ4v) is 3.37. The molecule has 1 fully saturated rings. The van der Waals surface area contributed by atoms with E-state index in [9.17, 15) is 0 Å². The van der Waals surface area contributed by atoms with Gasteiger partial charge in [-0.15, -0.1) is 0 Å². The lowest BCUT2D eigenvalue weighted by Gasteiger charge is -2.21. The first kappa shape index (κ1) is 14.2. The Kier molecular flexibility index (Phi) is 5.83. The van der Waals surface area contributed by atoms with Crippen molar-refractivity contribution in [2.75, 3.05) is 31.1 Å². The maximum absolute atomic E-state index is 6.23. The minimum atomic E-state index is 0.0969. The Hall–Kier alpha value is -0.220. The highest BCUT2D eigenvalue weighted by Crippen LogP contribution is 2.19. The van der Waals surface area contributed by atoms with E-state index in [2.05, 4.69) is 22.7 Å². The van der Waals surface area contributed by atoms with Crippen molar-refractivity contribution < 1.29 is 0 Å². The van der Waals surface area contributed by atoms with Gasteiger partial charge in [0.15, 0.2) is 0 Å². The standard InChI is InChI=1S/C14H21ClN2S/c15-13-4-1-3-12(11-13)14(16)5-7-17-6-2-9-18-10-8-17/h1,3-4,11,14H,2,5-10,16H2. The molecule has 1 atom stereocenters. The van der Waals surface area contributed by atoms with Gasteiger partial charge in [0.05, 0.1) is 0 Å². The Morgan fingerprint density at radius 3 is 3.06 bits per heavy atom. The van der Waals surface area contributed by atoms with Gasteiger partial charge in [-0.25, -0.2) is 0 Å². The number of thioether (sulfide) groups is 1. The molecule has 1 aromatic carbocycles. The van der Waals surface area contributed by atoms with Gasteiger partial charge in [-0.1, -0.05) is 23.7 Å². The fourth-order valence-electron chi connectivity index (χ4n) is 2.25. The highest BCUT2D eigenvalue weighted by Gasteiger charge is 2.12. The molecule has 0 saturated carbocycles. The summed E-state index contributed by atoms with van der Waals surface area (Å²) in [6.45, 7) is 3.51. The summed E-state index contributed by atoms with van der Waals surface area (Å²) in [5.41, 5.74) is 7.37. The number of hydrogen-bond donors (Lipinski definition) is 1. The van der Waals surface area contributed by atoms with Crippen LogP contribution < -0.4 is 5.73 Å². The van der Waals surface area contributed by atoms with Gasteiger partial charge in [0.1, 0.15) is 0 Å². The first-order valence-electron chi connectivity index (χ1n) is 6.57. The number of hydrogen-bond acceptors (Lipinski definition) is 3. The predicted octanol–water partition coefficient (Wildman–Crippen LogP) is 3.17. The molecular formula is C14H21ClN2S. The summed E-state index contributed by atoms with van der Waals surface area (Å²) in [5.74, 6) is 2.56. The number of nitrogens with zero attached hydrogens (tertiary/aromatic N) is 1. The third kappa shape index (κ3) is 4.47. The van der Waals surface area contributed by atoms with Gasteiger partial charge in [0.2, 0.25) is 0 Å². The summed E-state index contributed by atoms with van der Waals surface area (Å²) in [6, 6.07) is 8.00. The lowest BCUT2D eigenvalue weighted by atomic mass is 10.0. The van der Waals surface area contributed by atoms with Crippen molar-refractivity contribution in [2.45, 2.75) is 18.9 Å². The quantitative estimate of drug-likeness (QED) is 0.921. The van der Waals surface area contributed by atoms with Crippen LogP contribution in [0.15, 0.2) is 24.3 Å². The second-order valence-electron chi connectivity index (χ2n) is 4.76. The Bertz CT molecular complexity index is 365. The summed E-state index contributed by atoms with van der Waals surface area (Å²) in [4.78, 5) is 2.53. The molecule has 2 rings (SSSR count). The van der Waals surface area contributed by atoms with Crippen LogP contribution in [0.25, 0.3) is 0 Å². The van der Waals surface area contributed by atoms with Gasteiger partial charge in [0, 0.05) is 23.4 Å². The summed E-state index contributed by atoms with van der Waals surface area (Å²) in [7, 11) is 0. The first-order chi connectivity index (χ1) is 8.75. The SMILES string of the molecule is NC(CCN1CCCSCC1)c1cccc(Cl)c1. The molecule has 1 saturated heterocycles. The van der Waals surface area contributed by atoms with E-state index in [-0.39, 0.29) is 6.04 Å². The molecule has 0 aromatic heterocycles. The van der Waals surface area contributed by atoms with E-state index < -0.39 is 0 Å². The zero-order chi connectivity index (χ0) is 12.8. The number of nitrogens with two attached hydrogens (primary N) is 1. The smallest absolute Gasteiger partial charge is 0.0409 e. The molecule has 0 bridgehead atoms. The van der Waals surface area contributed by atoms with Crippen LogP contribution in [0.2, 0.25) is 5.02 Å². The van der Waals surface area contributed by atoms with Crippen molar-refractivity contribution in [1.82, 2.24) is 4.90 Å². The minimum Gasteiger partial charge on any atom is -0.324 e. The van der Waals surface area contributed by atoms with E-state index in [1.165, 1.54) is 31.0 Å². The van der Waals surface area contributed by atoms with Gasteiger partial charge >= 0.3 is 0 Å². The molecule has 100 valence electrons. The molecule has 4 heteroatoms. The first-order valence-corrected chi connectivity index (χ1v) is 8.10. The van der Waals surface area contributed by atoms with Crippen molar-refractivity contribution in [3.63, 3.8) is 0 Å². The van der Waals surface area contributed by atoms with Crippen LogP contribution in [-0.4, -0.2) is 36.0 Å². The average Bonchev–Trinajstić information content (AvgIpc) is 2.64. The monoisotopic (exact) mass is 284 g/mol. The molecule has 0 aliphatic carbocycles. The summed E-state index contributed by atoms with van der Waals surface area (Å²) < 4.78 is 0. The molecule has 1 aliphatic heterocycles. The normalized spacial score (nSPS) is 19.4. The molecule has 1 aromatic rings. The van der Waals surface area contributed by atoms with Crippen molar-refractivity contribution in [3.05, 3.63) is 34.9 Å². The van der Waals surface area contributed by atoms with E-state index in [0.717, 1.165) is 23.6 Å². The summed E-state index contributed by atoms with van der Waals surface area (Å²) in [5, 5.41) is 0.772. The van der Waals surface area contributed by atoms with E-state index in [4.69, 9.17) is 17.3 Å². The predicted molar refractivity (Wildman–Crippen MR) is 81.4 cm³/mol. The molecule has 2 N–H and O–H groups in total. The van der Waals surface area contributed by atoms with Crippen molar-refractivity contribution in [3.8, 4) is 0 Å². The second-order valence-corrected chi connectivity index (χ2v) is 6.42. The maximum atomic E-state index is 6.23. The molecule has 0 radical (unpaired) electrons. The third-order valence-electron chi connectivity index (χ3n) is 3.35. The number of benzene rings is 1. The lowest BCUT2D eigenvalue weighted by molar-refractivity contribution is 0.283. The van der Waals surface area contributed by atoms with Gasteiger partial charge in [-0.2, -0.15) is 11.8 Å². The lowest BCUT2D eigenvalue weighted by Crippen LogP contribution is -2.29. The molecule has 0 spiro atoms. The van der Waals surface area contributed by atoms with Crippen LogP contribution in [-0.2, 0) is 0 Å². The molecule has 1 aliphatic rings. The topological polar surface area (TPSA) is 29.3 Å². The van der Waals surface area contributed by atoms with Crippen molar-refractivity contribution >= 4 is 23.4 Å². The van der Waals surface area contributed by atoms with Crippen LogP contribution in [0.1, 0.15) is 24.4 Å². The highest BCUT2D eigenvalue weighted by atomic mass is 35.5. The van der Waals surface area contributed by atoms with Gasteiger partial charge in [-0.05, 0) is 49.4 Å². The van der Waals surface area contributed by atoms with Crippen LogP contribution in [0.4, 0.5) is 0 Å². The van der Waals surface area contributed by atoms with Crippen LogP contribution >= 0.6 is 23.4 Å². The molecule has 1 unspecified atom stereocenters. The number of halogens is 1. The second kappa shape index (κ2) is 7.39. The van der Waals surface area contributed by atoms with E-state index in [1.54, 1.807) is 0 Å². The Labute approximate surface area is 119 Å². The summed E-state index contributed by atoms with van der Waals surface area (Å²) >= 11 is 8.05. The van der Waals surface area contributed by atoms with E-state index in [0.29, 0.717) is 0 Å². The minimum absolute atomic E-state index is 0.0969. The maximum Gasteiger partial charge on any atom is 0.0409 e. The van der Waals surface area contributed by atoms with Crippen molar-refractivity contribution in [2.24, 2.45) is 5.73 Å². The molecule has 18 heavy (non-hydrogen) atoms. The summed E-state index contributed by atoms with van der Waals surface area (Å²) in [6.07, 6.45) is 2.31. The van der Waals surface area contributed by atoms with Gasteiger partial charge in [-0.3, -0.25) is 0 Å². The van der Waals surface area contributed by atoms with E-state index >= 15 is 0 Å². The zero-order valence-electron chi connectivity index (χ0n) is 10.6. The van der Waals surface area contributed by atoms with Gasteiger partial charge in [0.25, 0.3) is 0 Å². The van der Waals surface area contributed by atoms with Crippen LogP contribution in [0, 0.1) is 0 Å². The molecule has 2 nitrogen and oxygen atoms in total. The molecule has 1 heterocycles. The third-order valence-corrected chi connectivity index (χ3v) is 4.63. The van der Waals surface area contributed by atoms with Gasteiger partial charge < -0.3 is 10.6 Å². The Morgan fingerprint density at radius 2 is 2.22 bits per heavy atom. The molecule has 0 amide bonds. The highest BCUT2D eigenvalue weighted by molar-refractivity contribution is 7.99. The fraction of sp³-hybridized carbons (Fsp3) is 0.571. The average molecular weight is 285 g/mol. The number of rotatable bonds is 4. The zero-order valence-corrected chi connectivity index (χ0v) is 12.2. The van der Waals surface area contributed by atoms with Crippen LogP contribution in [0.5, 0.6) is 0 Å². The van der Waals surface area contributed by atoms with Crippen molar-refractivity contribution in [1.29, 1.82) is 0 Å². The Morgan fingerprint density at radius 1 is 1.33 bits per heavy atom.